The zero-order valence-corrected chi connectivity index (χ0v) is 13.2. The molecular weight excluding hydrogens is 300 g/mol. The van der Waals surface area contributed by atoms with Gasteiger partial charge in [0.2, 0.25) is 5.95 Å². The first-order valence-electron chi connectivity index (χ1n) is 7.73. The molecule has 0 amide bonds. The van der Waals surface area contributed by atoms with Gasteiger partial charge in [0.1, 0.15) is 12.1 Å². The van der Waals surface area contributed by atoms with E-state index in [2.05, 4.69) is 44.3 Å². The van der Waals surface area contributed by atoms with Gasteiger partial charge < -0.3 is 5.32 Å². The molecule has 0 aliphatic carbocycles. The molecule has 6 heteroatoms. The second-order valence-corrected chi connectivity index (χ2v) is 5.49. The van der Waals surface area contributed by atoms with Gasteiger partial charge in [-0.05, 0) is 24.6 Å². The largest absolute Gasteiger partial charge is 0.348 e. The van der Waals surface area contributed by atoms with E-state index in [-0.39, 0.29) is 6.04 Å². The standard InChI is InChI=1S/C18H16N6/c1-13(14-5-3-2-4-6-14)22-18-20-10-8-17(23-18)24-12-21-15-7-9-19-11-16(15)24/h2-13H,1H3,(H,20,22,23). The molecule has 3 aromatic heterocycles. The van der Waals surface area contributed by atoms with Crippen molar-refractivity contribution in [1.29, 1.82) is 0 Å². The van der Waals surface area contributed by atoms with Gasteiger partial charge in [0.15, 0.2) is 0 Å². The molecule has 0 saturated carbocycles. The van der Waals surface area contributed by atoms with Gasteiger partial charge in [0.25, 0.3) is 0 Å². The summed E-state index contributed by atoms with van der Waals surface area (Å²) in [6.45, 7) is 2.09. The van der Waals surface area contributed by atoms with Crippen molar-refractivity contribution in [2.24, 2.45) is 0 Å². The van der Waals surface area contributed by atoms with Crippen LogP contribution in [0.1, 0.15) is 18.5 Å². The number of imidazole rings is 1. The van der Waals surface area contributed by atoms with E-state index in [1.807, 2.05) is 34.9 Å². The summed E-state index contributed by atoms with van der Waals surface area (Å²) in [6.07, 6.45) is 7.00. The van der Waals surface area contributed by atoms with Crippen LogP contribution in [0.25, 0.3) is 16.9 Å². The zero-order valence-electron chi connectivity index (χ0n) is 13.2. The molecule has 0 radical (unpaired) electrons. The predicted molar refractivity (Wildman–Crippen MR) is 92.9 cm³/mol. The summed E-state index contributed by atoms with van der Waals surface area (Å²) in [5.41, 5.74) is 2.98. The lowest BCUT2D eigenvalue weighted by Gasteiger charge is -2.14. The fourth-order valence-electron chi connectivity index (χ4n) is 2.61. The number of rotatable bonds is 4. The van der Waals surface area contributed by atoms with Crippen molar-refractivity contribution in [2.75, 3.05) is 5.32 Å². The molecule has 0 bridgehead atoms. The smallest absolute Gasteiger partial charge is 0.225 e. The number of benzene rings is 1. The van der Waals surface area contributed by atoms with Crippen molar-refractivity contribution in [2.45, 2.75) is 13.0 Å². The Morgan fingerprint density at radius 2 is 1.88 bits per heavy atom. The Morgan fingerprint density at radius 1 is 1.00 bits per heavy atom. The fourth-order valence-corrected chi connectivity index (χ4v) is 2.61. The van der Waals surface area contributed by atoms with E-state index >= 15 is 0 Å². The highest BCUT2D eigenvalue weighted by Gasteiger charge is 2.09. The number of hydrogen-bond acceptors (Lipinski definition) is 5. The lowest BCUT2D eigenvalue weighted by molar-refractivity contribution is 0.854. The summed E-state index contributed by atoms with van der Waals surface area (Å²) in [6, 6.07) is 14.1. The second kappa shape index (κ2) is 6.08. The highest BCUT2D eigenvalue weighted by Crippen LogP contribution is 2.19. The Kier molecular flexibility index (Phi) is 3.63. The van der Waals surface area contributed by atoms with Gasteiger partial charge in [0, 0.05) is 12.4 Å². The van der Waals surface area contributed by atoms with Crippen LogP contribution in [-0.2, 0) is 0 Å². The quantitative estimate of drug-likeness (QED) is 0.625. The second-order valence-electron chi connectivity index (χ2n) is 5.49. The summed E-state index contributed by atoms with van der Waals surface area (Å²) in [5.74, 6) is 1.33. The molecule has 4 rings (SSSR count). The summed E-state index contributed by atoms with van der Waals surface area (Å²) in [4.78, 5) is 17.5. The van der Waals surface area contributed by atoms with Crippen molar-refractivity contribution >= 4 is 17.0 Å². The monoisotopic (exact) mass is 316 g/mol. The molecule has 3 heterocycles. The van der Waals surface area contributed by atoms with Crippen molar-refractivity contribution in [3.8, 4) is 5.82 Å². The minimum atomic E-state index is 0.114. The molecule has 118 valence electrons. The van der Waals surface area contributed by atoms with Crippen molar-refractivity contribution in [3.63, 3.8) is 0 Å². The van der Waals surface area contributed by atoms with E-state index in [1.165, 1.54) is 5.56 Å². The van der Waals surface area contributed by atoms with Gasteiger partial charge in [0.05, 0.1) is 23.3 Å². The van der Waals surface area contributed by atoms with Crippen LogP contribution in [-0.4, -0.2) is 24.5 Å². The Morgan fingerprint density at radius 3 is 2.75 bits per heavy atom. The highest BCUT2D eigenvalue weighted by atomic mass is 15.2. The molecule has 1 atom stereocenters. The van der Waals surface area contributed by atoms with Crippen LogP contribution >= 0.6 is 0 Å². The molecule has 0 aliphatic heterocycles. The summed E-state index contributed by atoms with van der Waals surface area (Å²) in [5, 5.41) is 3.34. The molecule has 0 fully saturated rings. The van der Waals surface area contributed by atoms with Crippen LogP contribution < -0.4 is 5.32 Å². The van der Waals surface area contributed by atoms with E-state index in [9.17, 15) is 0 Å². The molecule has 1 aromatic carbocycles. The molecular formula is C18H16N6. The van der Waals surface area contributed by atoms with E-state index in [0.29, 0.717) is 5.95 Å². The van der Waals surface area contributed by atoms with Gasteiger partial charge in [-0.1, -0.05) is 30.3 Å². The molecule has 1 N–H and O–H groups in total. The number of nitrogens with zero attached hydrogens (tertiary/aromatic N) is 5. The average molecular weight is 316 g/mol. The fraction of sp³-hybridized carbons (Fsp3) is 0.111. The molecule has 0 aliphatic rings. The van der Waals surface area contributed by atoms with E-state index in [0.717, 1.165) is 16.9 Å². The molecule has 1 unspecified atom stereocenters. The Balaban J connectivity index is 1.64. The first-order chi connectivity index (χ1) is 11.8. The van der Waals surface area contributed by atoms with Gasteiger partial charge in [-0.2, -0.15) is 4.98 Å². The third-order valence-electron chi connectivity index (χ3n) is 3.88. The molecule has 4 aromatic rings. The number of fused-ring (bicyclic) bond motifs is 1. The van der Waals surface area contributed by atoms with Crippen LogP contribution in [0.4, 0.5) is 5.95 Å². The molecule has 24 heavy (non-hydrogen) atoms. The summed E-state index contributed by atoms with van der Waals surface area (Å²) in [7, 11) is 0. The van der Waals surface area contributed by atoms with Gasteiger partial charge in [-0.15, -0.1) is 0 Å². The number of anilines is 1. The van der Waals surface area contributed by atoms with E-state index in [4.69, 9.17) is 0 Å². The SMILES string of the molecule is CC(Nc1nccc(-n2cnc3ccncc32)n1)c1ccccc1. The zero-order chi connectivity index (χ0) is 16.4. The topological polar surface area (TPSA) is 68.5 Å². The van der Waals surface area contributed by atoms with Crippen molar-refractivity contribution in [1.82, 2.24) is 24.5 Å². The first-order valence-corrected chi connectivity index (χ1v) is 7.73. The van der Waals surface area contributed by atoms with Gasteiger partial charge >= 0.3 is 0 Å². The minimum absolute atomic E-state index is 0.114. The minimum Gasteiger partial charge on any atom is -0.348 e. The summed E-state index contributed by atoms with van der Waals surface area (Å²) >= 11 is 0. The number of aromatic nitrogens is 5. The lowest BCUT2D eigenvalue weighted by atomic mass is 10.1. The molecule has 6 nitrogen and oxygen atoms in total. The third kappa shape index (κ3) is 2.69. The molecule has 0 spiro atoms. The number of pyridine rings is 1. The molecule has 0 saturated heterocycles. The van der Waals surface area contributed by atoms with Crippen molar-refractivity contribution < 1.29 is 0 Å². The number of hydrogen-bond donors (Lipinski definition) is 1. The maximum atomic E-state index is 4.60. The van der Waals surface area contributed by atoms with Crippen molar-refractivity contribution in [3.05, 3.63) is 72.9 Å². The Labute approximate surface area is 139 Å². The van der Waals surface area contributed by atoms with Gasteiger partial charge in [-0.25, -0.2) is 9.97 Å². The van der Waals surface area contributed by atoms with Crippen LogP contribution in [0.5, 0.6) is 0 Å². The van der Waals surface area contributed by atoms with E-state index < -0.39 is 0 Å². The van der Waals surface area contributed by atoms with Crippen LogP contribution in [0, 0.1) is 0 Å². The predicted octanol–water partition coefficient (Wildman–Crippen LogP) is 3.38. The third-order valence-corrected chi connectivity index (χ3v) is 3.88. The van der Waals surface area contributed by atoms with E-state index in [1.54, 1.807) is 24.9 Å². The maximum absolute atomic E-state index is 4.60. The average Bonchev–Trinajstić information content (AvgIpc) is 3.07. The first kappa shape index (κ1) is 14.3. The Bertz CT molecular complexity index is 963. The normalized spacial score (nSPS) is 12.2. The highest BCUT2D eigenvalue weighted by molar-refractivity contribution is 5.75. The maximum Gasteiger partial charge on any atom is 0.225 e. The van der Waals surface area contributed by atoms with Crippen LogP contribution in [0.15, 0.2) is 67.4 Å². The lowest BCUT2D eigenvalue weighted by Crippen LogP contribution is -2.10. The van der Waals surface area contributed by atoms with Crippen LogP contribution in [0.3, 0.4) is 0 Å². The summed E-state index contributed by atoms with van der Waals surface area (Å²) < 4.78 is 1.91. The number of nitrogens with one attached hydrogen (secondary N) is 1. The van der Waals surface area contributed by atoms with Gasteiger partial charge in [-0.3, -0.25) is 9.55 Å². The Hall–Kier alpha value is -3.28. The van der Waals surface area contributed by atoms with Crippen LogP contribution in [0.2, 0.25) is 0 Å².